The van der Waals surface area contributed by atoms with Crippen molar-refractivity contribution in [2.24, 2.45) is 32.5 Å². The van der Waals surface area contributed by atoms with Crippen molar-refractivity contribution in [3.63, 3.8) is 0 Å². The van der Waals surface area contributed by atoms with Crippen molar-refractivity contribution in [3.05, 3.63) is 63.8 Å². The molecule has 4 atom stereocenters. The van der Waals surface area contributed by atoms with Gasteiger partial charge in [-0.3, -0.25) is 9.05 Å². The van der Waals surface area contributed by atoms with Crippen LogP contribution in [0.3, 0.4) is 0 Å². The van der Waals surface area contributed by atoms with Crippen molar-refractivity contribution in [2.75, 3.05) is 0 Å². The van der Waals surface area contributed by atoms with Gasteiger partial charge in [-0.05, 0) is 74.7 Å². The van der Waals surface area contributed by atoms with Gasteiger partial charge in [-0.15, -0.1) is 0 Å². The lowest BCUT2D eigenvalue weighted by molar-refractivity contribution is -0.0252. The summed E-state index contributed by atoms with van der Waals surface area (Å²) in [6.45, 7) is 51.6. The minimum absolute atomic E-state index is 0.0289. The van der Waals surface area contributed by atoms with Crippen LogP contribution >= 0.6 is 8.60 Å². The maximum Gasteiger partial charge on any atom is 0.399 e. The molecule has 0 spiro atoms. The molecule has 2 aliphatic carbocycles. The largest absolute Gasteiger partial charge is 0.426 e. The van der Waals surface area contributed by atoms with E-state index in [0.29, 0.717) is 0 Å². The van der Waals surface area contributed by atoms with Crippen LogP contribution in [-0.4, -0.2) is 11.2 Å². The first-order valence-electron chi connectivity index (χ1n) is 18.3. The average Bonchev–Trinajstić information content (AvgIpc) is 2.83. The topological polar surface area (TPSA) is 27.7 Å². The molecule has 1 aromatic rings. The van der Waals surface area contributed by atoms with Crippen molar-refractivity contribution in [1.82, 2.24) is 0 Å². The Hall–Kier alpha value is -1.41. The highest BCUT2D eigenvalue weighted by molar-refractivity contribution is 7.42. The Labute approximate surface area is 297 Å². The third-order valence-corrected chi connectivity index (χ3v) is 13.6. The summed E-state index contributed by atoms with van der Waals surface area (Å²) in [5.74, 6) is 0.842. The number of hydrogen-bond acceptors (Lipinski definition) is 3. The molecule has 3 nitrogen and oxygen atoms in total. The molecular formula is C44H71O3P. The zero-order valence-corrected chi connectivity index (χ0v) is 36.0. The molecule has 0 radical (unpaired) electrons. The highest BCUT2D eigenvalue weighted by Gasteiger charge is 2.68. The van der Waals surface area contributed by atoms with E-state index in [-0.39, 0.29) is 43.3 Å². The second-order valence-electron chi connectivity index (χ2n) is 22.0. The first kappa shape index (κ1) is 39.4. The lowest BCUT2D eigenvalue weighted by atomic mass is 9.42. The van der Waals surface area contributed by atoms with E-state index in [4.69, 9.17) is 13.6 Å². The minimum atomic E-state index is -1.80. The Kier molecular flexibility index (Phi) is 9.06. The van der Waals surface area contributed by atoms with Gasteiger partial charge in [-0.2, -0.15) is 0 Å². The second kappa shape index (κ2) is 11.0. The Morgan fingerprint density at radius 3 is 1.23 bits per heavy atom. The Morgan fingerprint density at radius 1 is 0.521 bits per heavy atom. The molecule has 0 aromatic heterocycles. The monoisotopic (exact) mass is 679 g/mol. The lowest BCUT2D eigenvalue weighted by Crippen LogP contribution is -2.62. The third-order valence-electron chi connectivity index (χ3n) is 12.2. The second-order valence-corrected chi connectivity index (χ2v) is 23.0. The van der Waals surface area contributed by atoms with Crippen LogP contribution in [0.15, 0.2) is 52.6 Å². The molecule has 1 aliphatic heterocycles. The first-order chi connectivity index (χ1) is 21.1. The van der Waals surface area contributed by atoms with Crippen LogP contribution in [0.5, 0.6) is 5.75 Å². The molecule has 0 saturated carbocycles. The molecule has 0 N–H and O–H groups in total. The standard InChI is InChI=1S/C44H71O3P/c1-35(2,3)28-23-24-30(29(25-28)36(4,5)6)45-48-46-43(21)31(37(7,8)9)26-41(19,39(13,14)15)33-34(43)44(22,47-48)32(38(10,11)12)27-42(33,20)40(16,17)18/h23-27H,1-22H3. The van der Waals surface area contributed by atoms with Gasteiger partial charge in [0.2, 0.25) is 0 Å². The first-order valence-corrected chi connectivity index (χ1v) is 19.4. The number of hydrogen-bond donors (Lipinski definition) is 0. The molecule has 4 unspecified atom stereocenters. The van der Waals surface area contributed by atoms with Crippen LogP contribution in [0.2, 0.25) is 0 Å². The van der Waals surface area contributed by atoms with Crippen LogP contribution < -0.4 is 4.52 Å². The van der Waals surface area contributed by atoms with Crippen molar-refractivity contribution < 1.29 is 13.6 Å². The SMILES string of the molecule is CC(C)(C)C1=CC(C)(C(C)(C)C)C2=C3C1(C)OP(Oc1ccc(C(C)(C)C)cc1C(C)(C)C)OC3(C)C(C(C)(C)C)=CC2(C)C(C)(C)C. The molecule has 4 heteroatoms. The Morgan fingerprint density at radius 2 is 0.917 bits per heavy atom. The summed E-state index contributed by atoms with van der Waals surface area (Å²) >= 11 is 0. The van der Waals surface area contributed by atoms with Crippen LogP contribution in [0.1, 0.15) is 163 Å². The Balaban J connectivity index is 2.11. The van der Waals surface area contributed by atoms with E-state index in [1.54, 1.807) is 0 Å². The molecule has 4 rings (SSSR count). The summed E-state index contributed by atoms with van der Waals surface area (Å²) in [4.78, 5) is 0. The molecule has 0 bridgehead atoms. The predicted molar refractivity (Wildman–Crippen MR) is 208 cm³/mol. The van der Waals surface area contributed by atoms with Crippen LogP contribution in [0.25, 0.3) is 0 Å². The van der Waals surface area contributed by atoms with Crippen LogP contribution in [0, 0.1) is 32.5 Å². The maximum absolute atomic E-state index is 7.43. The quantitative estimate of drug-likeness (QED) is 0.230. The van der Waals surface area contributed by atoms with Crippen molar-refractivity contribution >= 4 is 8.60 Å². The fourth-order valence-corrected chi connectivity index (χ4v) is 10.00. The number of benzene rings is 1. The predicted octanol–water partition coefficient (Wildman–Crippen LogP) is 13.8. The van der Waals surface area contributed by atoms with Gasteiger partial charge in [-0.25, -0.2) is 0 Å². The van der Waals surface area contributed by atoms with Gasteiger partial charge < -0.3 is 4.52 Å². The maximum atomic E-state index is 7.43. The van der Waals surface area contributed by atoms with E-state index in [9.17, 15) is 0 Å². The summed E-state index contributed by atoms with van der Waals surface area (Å²) in [7, 11) is -1.80. The highest BCUT2D eigenvalue weighted by Crippen LogP contribution is 2.74. The zero-order chi connectivity index (χ0) is 37.3. The molecule has 270 valence electrons. The zero-order valence-electron chi connectivity index (χ0n) is 35.1. The van der Waals surface area contributed by atoms with E-state index >= 15 is 0 Å². The van der Waals surface area contributed by atoms with Crippen molar-refractivity contribution in [1.29, 1.82) is 0 Å². The third kappa shape index (κ3) is 6.13. The van der Waals surface area contributed by atoms with E-state index < -0.39 is 19.8 Å². The van der Waals surface area contributed by atoms with Gasteiger partial charge in [0.1, 0.15) is 17.0 Å². The van der Waals surface area contributed by atoms with Gasteiger partial charge in [0, 0.05) is 22.0 Å². The summed E-state index contributed by atoms with van der Waals surface area (Å²) in [5, 5.41) is 0. The van der Waals surface area contributed by atoms with Crippen LogP contribution in [-0.2, 0) is 19.9 Å². The fraction of sp³-hybridized carbons (Fsp3) is 0.727. The van der Waals surface area contributed by atoms with Gasteiger partial charge in [0.25, 0.3) is 0 Å². The number of rotatable bonds is 2. The van der Waals surface area contributed by atoms with E-state index in [2.05, 4.69) is 183 Å². The minimum Gasteiger partial charge on any atom is -0.426 e. The van der Waals surface area contributed by atoms with Crippen LogP contribution in [0.4, 0.5) is 0 Å². The molecule has 1 aromatic carbocycles. The summed E-state index contributed by atoms with van der Waals surface area (Å²) < 4.78 is 21.9. The van der Waals surface area contributed by atoms with E-state index in [0.717, 1.165) is 5.75 Å². The lowest BCUT2D eigenvalue weighted by Gasteiger charge is -2.66. The molecule has 1 saturated heterocycles. The van der Waals surface area contributed by atoms with E-state index in [1.165, 1.54) is 33.4 Å². The smallest absolute Gasteiger partial charge is 0.399 e. The van der Waals surface area contributed by atoms with E-state index in [1.807, 2.05) is 0 Å². The average molecular weight is 679 g/mol. The summed E-state index contributed by atoms with van der Waals surface area (Å²) in [6, 6.07) is 6.68. The van der Waals surface area contributed by atoms with Crippen molar-refractivity contribution in [2.45, 2.75) is 174 Å². The molecule has 1 fully saturated rings. The normalized spacial score (nSPS) is 32.1. The van der Waals surface area contributed by atoms with Gasteiger partial charge in [0.15, 0.2) is 0 Å². The highest BCUT2D eigenvalue weighted by atomic mass is 31.2. The molecule has 0 amide bonds. The van der Waals surface area contributed by atoms with Gasteiger partial charge in [0.05, 0.1) is 0 Å². The molecule has 3 aliphatic rings. The Bertz CT molecular complexity index is 1470. The van der Waals surface area contributed by atoms with Crippen molar-refractivity contribution in [3.8, 4) is 5.75 Å². The van der Waals surface area contributed by atoms with Gasteiger partial charge >= 0.3 is 8.60 Å². The molecule has 48 heavy (non-hydrogen) atoms. The molecule has 1 heterocycles. The summed E-state index contributed by atoms with van der Waals surface area (Å²) in [5.41, 5.74) is 5.27. The van der Waals surface area contributed by atoms with Gasteiger partial charge in [-0.1, -0.05) is 163 Å². The molecular weight excluding hydrogens is 607 g/mol. The number of allylic oxidation sites excluding steroid dienone is 3. The fourth-order valence-electron chi connectivity index (χ4n) is 8.59. The summed E-state index contributed by atoms with van der Waals surface area (Å²) in [6.07, 6.45) is 5.20.